The third kappa shape index (κ3) is 3.79. The monoisotopic (exact) mass is 402 g/mol. The zero-order chi connectivity index (χ0) is 19.8. The SMILES string of the molecule is C[C@@](O)(C(=O)N1CCC(c2cnnn2-c2ccc(Cl)cc2)CC1)C(F)(F)F. The number of likely N-dealkylation sites (tertiary alicyclic amines) is 1. The second kappa shape index (κ2) is 7.12. The molecule has 1 fully saturated rings. The molecule has 1 aromatic heterocycles. The fourth-order valence-electron chi connectivity index (χ4n) is 3.11. The molecule has 2 heterocycles. The number of nitrogens with zero attached hydrogens (tertiary/aromatic N) is 4. The van der Waals surface area contributed by atoms with Crippen molar-refractivity contribution >= 4 is 17.5 Å². The summed E-state index contributed by atoms with van der Waals surface area (Å²) < 4.78 is 40.3. The van der Waals surface area contributed by atoms with E-state index in [1.807, 2.05) is 0 Å². The van der Waals surface area contributed by atoms with E-state index in [4.69, 9.17) is 11.6 Å². The van der Waals surface area contributed by atoms with Crippen LogP contribution >= 0.6 is 11.6 Å². The minimum atomic E-state index is -5.02. The smallest absolute Gasteiger partial charge is 0.373 e. The second-order valence-corrected chi connectivity index (χ2v) is 7.12. The predicted molar refractivity (Wildman–Crippen MR) is 91.6 cm³/mol. The van der Waals surface area contributed by atoms with Crippen LogP contribution in [0.25, 0.3) is 5.69 Å². The van der Waals surface area contributed by atoms with Gasteiger partial charge in [0, 0.05) is 24.0 Å². The molecule has 0 aliphatic carbocycles. The summed E-state index contributed by atoms with van der Waals surface area (Å²) in [4.78, 5) is 13.1. The van der Waals surface area contributed by atoms with Crippen LogP contribution < -0.4 is 0 Å². The van der Waals surface area contributed by atoms with Gasteiger partial charge in [-0.3, -0.25) is 4.79 Å². The van der Waals surface area contributed by atoms with Gasteiger partial charge in [-0.1, -0.05) is 16.8 Å². The maximum atomic E-state index is 12.9. The van der Waals surface area contributed by atoms with E-state index in [-0.39, 0.29) is 19.0 Å². The number of amides is 1. The lowest BCUT2D eigenvalue weighted by Gasteiger charge is -2.36. The van der Waals surface area contributed by atoms with E-state index < -0.39 is 17.7 Å². The fraction of sp³-hybridized carbons (Fsp3) is 0.471. The summed E-state index contributed by atoms with van der Waals surface area (Å²) in [6.45, 7) is 0.712. The summed E-state index contributed by atoms with van der Waals surface area (Å²) in [7, 11) is 0. The van der Waals surface area contributed by atoms with Gasteiger partial charge >= 0.3 is 6.18 Å². The highest BCUT2D eigenvalue weighted by atomic mass is 35.5. The molecule has 0 unspecified atom stereocenters. The highest BCUT2D eigenvalue weighted by molar-refractivity contribution is 6.30. The van der Waals surface area contributed by atoms with Crippen LogP contribution in [0.1, 0.15) is 31.4 Å². The van der Waals surface area contributed by atoms with Gasteiger partial charge in [-0.15, -0.1) is 5.10 Å². The maximum Gasteiger partial charge on any atom is 0.426 e. The third-order valence-corrected chi connectivity index (χ3v) is 5.07. The van der Waals surface area contributed by atoms with Crippen molar-refractivity contribution in [3.63, 3.8) is 0 Å². The van der Waals surface area contributed by atoms with Crippen LogP contribution in [0.15, 0.2) is 30.5 Å². The molecule has 3 rings (SSSR count). The highest BCUT2D eigenvalue weighted by Crippen LogP contribution is 2.34. The second-order valence-electron chi connectivity index (χ2n) is 6.68. The molecule has 1 saturated heterocycles. The number of carbonyl (C=O) groups excluding carboxylic acids is 1. The minimum absolute atomic E-state index is 0.0180. The Balaban J connectivity index is 1.71. The number of hydrogen-bond donors (Lipinski definition) is 1. The van der Waals surface area contributed by atoms with E-state index in [1.165, 1.54) is 0 Å². The lowest BCUT2D eigenvalue weighted by atomic mass is 9.92. The molecule has 1 aliphatic heterocycles. The molecular weight excluding hydrogens is 385 g/mol. The van der Waals surface area contributed by atoms with Crippen molar-refractivity contribution in [2.75, 3.05) is 13.1 Å². The van der Waals surface area contributed by atoms with Crippen molar-refractivity contribution in [2.45, 2.75) is 37.5 Å². The molecule has 1 N–H and O–H groups in total. The van der Waals surface area contributed by atoms with Gasteiger partial charge in [0.15, 0.2) is 0 Å². The Labute approximate surface area is 158 Å². The number of halogens is 4. The summed E-state index contributed by atoms with van der Waals surface area (Å²) in [5.41, 5.74) is -1.80. The molecule has 0 saturated carbocycles. The first-order valence-corrected chi connectivity index (χ1v) is 8.74. The van der Waals surface area contributed by atoms with Crippen molar-refractivity contribution in [1.82, 2.24) is 19.9 Å². The number of piperidine rings is 1. The van der Waals surface area contributed by atoms with E-state index in [2.05, 4.69) is 10.3 Å². The molecule has 27 heavy (non-hydrogen) atoms. The van der Waals surface area contributed by atoms with Crippen LogP contribution in [0.4, 0.5) is 13.2 Å². The largest absolute Gasteiger partial charge is 0.426 e. The molecule has 0 spiro atoms. The van der Waals surface area contributed by atoms with Crippen molar-refractivity contribution in [3.8, 4) is 5.69 Å². The van der Waals surface area contributed by atoms with Gasteiger partial charge in [0.05, 0.1) is 17.6 Å². The van der Waals surface area contributed by atoms with Crippen LogP contribution in [0.5, 0.6) is 0 Å². The molecule has 0 bridgehead atoms. The Morgan fingerprint density at radius 3 is 2.37 bits per heavy atom. The van der Waals surface area contributed by atoms with Crippen molar-refractivity contribution in [3.05, 3.63) is 41.2 Å². The Morgan fingerprint density at radius 2 is 1.81 bits per heavy atom. The van der Waals surface area contributed by atoms with Crippen LogP contribution in [0.3, 0.4) is 0 Å². The van der Waals surface area contributed by atoms with Crippen LogP contribution in [-0.4, -0.2) is 55.8 Å². The van der Waals surface area contributed by atoms with Crippen molar-refractivity contribution in [2.24, 2.45) is 0 Å². The quantitative estimate of drug-likeness (QED) is 0.856. The molecular formula is C17H18ClF3N4O2. The number of alkyl halides is 3. The van der Waals surface area contributed by atoms with E-state index in [0.717, 1.165) is 16.3 Å². The fourth-order valence-corrected chi connectivity index (χ4v) is 3.24. The molecule has 146 valence electrons. The molecule has 6 nitrogen and oxygen atoms in total. The van der Waals surface area contributed by atoms with E-state index in [0.29, 0.717) is 24.8 Å². The predicted octanol–water partition coefficient (Wildman–Crippen LogP) is 2.94. The molecule has 1 atom stereocenters. The standard InChI is InChI=1S/C17H18ClF3N4O2/c1-16(27,17(19,20)21)15(26)24-8-6-11(7-9-24)14-10-22-23-25(14)13-4-2-12(18)3-5-13/h2-5,10-11,27H,6-9H2,1H3/t16-/m1/s1. The Morgan fingerprint density at radius 1 is 1.22 bits per heavy atom. The van der Waals surface area contributed by atoms with E-state index >= 15 is 0 Å². The normalized spacial score (nSPS) is 18.4. The Bertz CT molecular complexity index is 812. The number of rotatable bonds is 3. The first-order valence-electron chi connectivity index (χ1n) is 8.36. The van der Waals surface area contributed by atoms with Crippen molar-refractivity contribution in [1.29, 1.82) is 0 Å². The highest BCUT2D eigenvalue weighted by Gasteiger charge is 2.57. The first kappa shape index (κ1) is 19.6. The zero-order valence-corrected chi connectivity index (χ0v) is 15.2. The number of hydrogen-bond acceptors (Lipinski definition) is 4. The van der Waals surface area contributed by atoms with Crippen LogP contribution in [-0.2, 0) is 4.79 Å². The number of carbonyl (C=O) groups is 1. The topological polar surface area (TPSA) is 71.2 Å². The zero-order valence-electron chi connectivity index (χ0n) is 14.4. The van der Waals surface area contributed by atoms with Gasteiger partial charge in [0.2, 0.25) is 5.60 Å². The lowest BCUT2D eigenvalue weighted by Crippen LogP contribution is -2.57. The van der Waals surface area contributed by atoms with Gasteiger partial charge in [-0.05, 0) is 44.0 Å². The average Bonchev–Trinajstić information content (AvgIpc) is 3.10. The summed E-state index contributed by atoms with van der Waals surface area (Å²) in [6.07, 6.45) is -2.51. The Kier molecular flexibility index (Phi) is 5.18. The van der Waals surface area contributed by atoms with Crippen LogP contribution in [0, 0.1) is 0 Å². The first-order chi connectivity index (χ1) is 12.6. The van der Waals surface area contributed by atoms with E-state index in [9.17, 15) is 23.1 Å². The molecule has 1 amide bonds. The maximum absolute atomic E-state index is 12.9. The summed E-state index contributed by atoms with van der Waals surface area (Å²) in [5.74, 6) is -1.34. The number of aromatic nitrogens is 3. The summed E-state index contributed by atoms with van der Waals surface area (Å²) in [6, 6.07) is 7.03. The molecule has 10 heteroatoms. The number of benzene rings is 1. The Hall–Kier alpha value is -2.13. The van der Waals surface area contributed by atoms with Gasteiger partial charge in [-0.2, -0.15) is 13.2 Å². The minimum Gasteiger partial charge on any atom is -0.373 e. The molecule has 1 aliphatic rings. The van der Waals surface area contributed by atoms with Crippen molar-refractivity contribution < 1.29 is 23.1 Å². The molecule has 1 aromatic carbocycles. The lowest BCUT2D eigenvalue weighted by molar-refractivity contribution is -0.250. The molecule has 0 radical (unpaired) electrons. The van der Waals surface area contributed by atoms with Gasteiger partial charge in [0.25, 0.3) is 5.91 Å². The third-order valence-electron chi connectivity index (χ3n) is 4.82. The van der Waals surface area contributed by atoms with Crippen LogP contribution in [0.2, 0.25) is 5.02 Å². The number of aliphatic hydroxyl groups is 1. The van der Waals surface area contributed by atoms with Gasteiger partial charge in [0.1, 0.15) is 0 Å². The van der Waals surface area contributed by atoms with Gasteiger partial charge in [-0.25, -0.2) is 4.68 Å². The summed E-state index contributed by atoms with van der Waals surface area (Å²) >= 11 is 5.89. The van der Waals surface area contributed by atoms with E-state index in [1.54, 1.807) is 35.1 Å². The molecule has 2 aromatic rings. The average molecular weight is 403 g/mol. The van der Waals surface area contributed by atoms with Gasteiger partial charge < -0.3 is 10.0 Å². The summed E-state index contributed by atoms with van der Waals surface area (Å²) in [5, 5.41) is 18.2.